The van der Waals surface area contributed by atoms with Crippen LogP contribution in [-0.4, -0.2) is 53.6 Å². The third kappa shape index (κ3) is 5.46. The quantitative estimate of drug-likeness (QED) is 0.245. The first-order valence-electron chi connectivity index (χ1n) is 13.1. The van der Waals surface area contributed by atoms with Crippen molar-refractivity contribution in [2.75, 3.05) is 26.2 Å². The molecule has 0 saturated carbocycles. The Kier molecular flexibility index (Phi) is 7.43. The van der Waals surface area contributed by atoms with Crippen LogP contribution in [0.1, 0.15) is 22.7 Å². The van der Waals surface area contributed by atoms with Gasteiger partial charge in [-0.25, -0.2) is 8.42 Å². The van der Waals surface area contributed by atoms with Crippen molar-refractivity contribution < 1.29 is 8.42 Å². The molecule has 1 aliphatic rings. The van der Waals surface area contributed by atoms with Crippen LogP contribution >= 0.6 is 11.3 Å². The molecule has 0 aliphatic carbocycles. The fourth-order valence-corrected chi connectivity index (χ4v) is 7.61. The standard InChI is InChI=1S/C31H30N4O2S2/c36-39(37,29-24-34(23-25-11-4-1-5-12-25)32-30(29)28-17-10-22-38-28)35-20-18-33(19-21-35)31(26-13-6-2-7-14-26)27-15-8-3-9-16-27/h1-17,22,24,31H,18-21,23H2. The third-order valence-electron chi connectivity index (χ3n) is 7.16. The Bertz CT molecular complexity index is 1560. The van der Waals surface area contributed by atoms with Gasteiger partial charge in [-0.05, 0) is 28.1 Å². The number of sulfonamides is 1. The number of piperazine rings is 1. The third-order valence-corrected chi connectivity index (χ3v) is 9.93. The van der Waals surface area contributed by atoms with Gasteiger partial charge in [0.05, 0.1) is 17.5 Å². The van der Waals surface area contributed by atoms with E-state index in [1.54, 1.807) is 15.2 Å². The first kappa shape index (κ1) is 25.7. The molecular weight excluding hydrogens is 525 g/mol. The molecule has 5 aromatic rings. The number of benzene rings is 3. The molecule has 0 N–H and O–H groups in total. The largest absolute Gasteiger partial charge is 0.290 e. The fourth-order valence-electron chi connectivity index (χ4n) is 5.25. The molecule has 0 unspecified atom stereocenters. The summed E-state index contributed by atoms with van der Waals surface area (Å²) in [4.78, 5) is 3.51. The number of nitrogens with zero attached hydrogens (tertiary/aromatic N) is 4. The summed E-state index contributed by atoms with van der Waals surface area (Å²) in [6.45, 7) is 2.64. The monoisotopic (exact) mass is 554 g/mol. The summed E-state index contributed by atoms with van der Waals surface area (Å²) in [5.41, 5.74) is 4.02. The molecule has 39 heavy (non-hydrogen) atoms. The molecule has 0 radical (unpaired) electrons. The lowest BCUT2D eigenvalue weighted by molar-refractivity contribution is 0.156. The maximum Gasteiger partial charge on any atom is 0.246 e. The SMILES string of the molecule is O=S(=O)(c1cn(Cc2ccccc2)nc1-c1cccs1)N1CCN(C(c2ccccc2)c2ccccc2)CC1. The van der Waals surface area contributed by atoms with E-state index in [0.29, 0.717) is 38.4 Å². The zero-order valence-electron chi connectivity index (χ0n) is 21.5. The van der Waals surface area contributed by atoms with Crippen molar-refractivity contribution in [3.05, 3.63) is 131 Å². The lowest BCUT2D eigenvalue weighted by Crippen LogP contribution is -2.49. The van der Waals surface area contributed by atoms with Gasteiger partial charge < -0.3 is 0 Å². The van der Waals surface area contributed by atoms with Gasteiger partial charge in [0.2, 0.25) is 10.0 Å². The zero-order chi connectivity index (χ0) is 26.7. The Morgan fingerprint density at radius 3 is 1.90 bits per heavy atom. The number of hydrogen-bond donors (Lipinski definition) is 0. The fraction of sp³-hybridized carbons (Fsp3) is 0.194. The molecule has 6 nitrogen and oxygen atoms in total. The van der Waals surface area contributed by atoms with E-state index in [4.69, 9.17) is 5.10 Å². The van der Waals surface area contributed by atoms with Crippen LogP contribution in [0.4, 0.5) is 0 Å². The molecular formula is C31H30N4O2S2. The molecule has 1 fully saturated rings. The molecule has 2 aromatic heterocycles. The van der Waals surface area contributed by atoms with Crippen molar-refractivity contribution >= 4 is 21.4 Å². The molecule has 0 bridgehead atoms. The van der Waals surface area contributed by atoms with Crippen LogP contribution in [0.15, 0.2) is 120 Å². The van der Waals surface area contributed by atoms with Gasteiger partial charge >= 0.3 is 0 Å². The van der Waals surface area contributed by atoms with Crippen LogP contribution in [0.2, 0.25) is 0 Å². The summed E-state index contributed by atoms with van der Waals surface area (Å²) >= 11 is 1.51. The van der Waals surface area contributed by atoms with Crippen molar-refractivity contribution in [1.82, 2.24) is 19.0 Å². The Morgan fingerprint density at radius 1 is 0.744 bits per heavy atom. The molecule has 0 spiro atoms. The van der Waals surface area contributed by atoms with Crippen LogP contribution in [0.5, 0.6) is 0 Å². The lowest BCUT2D eigenvalue weighted by atomic mass is 9.96. The molecule has 0 atom stereocenters. The van der Waals surface area contributed by atoms with E-state index in [-0.39, 0.29) is 10.9 Å². The smallest absolute Gasteiger partial charge is 0.246 e. The minimum atomic E-state index is -3.74. The topological polar surface area (TPSA) is 58.4 Å². The van der Waals surface area contributed by atoms with Gasteiger partial charge in [-0.15, -0.1) is 11.3 Å². The molecule has 198 valence electrons. The Hall–Kier alpha value is -3.56. The van der Waals surface area contributed by atoms with Crippen LogP contribution < -0.4 is 0 Å². The molecule has 6 rings (SSSR count). The maximum absolute atomic E-state index is 14.0. The highest BCUT2D eigenvalue weighted by Crippen LogP contribution is 2.34. The summed E-state index contributed by atoms with van der Waals surface area (Å²) in [7, 11) is -3.74. The highest BCUT2D eigenvalue weighted by atomic mass is 32.2. The first-order valence-corrected chi connectivity index (χ1v) is 15.4. The average molecular weight is 555 g/mol. The van der Waals surface area contributed by atoms with Gasteiger partial charge in [0.15, 0.2) is 0 Å². The van der Waals surface area contributed by atoms with Crippen molar-refractivity contribution in [2.24, 2.45) is 0 Å². The van der Waals surface area contributed by atoms with Crippen LogP contribution in [0.25, 0.3) is 10.6 Å². The number of rotatable bonds is 8. The van der Waals surface area contributed by atoms with E-state index in [1.165, 1.54) is 22.5 Å². The van der Waals surface area contributed by atoms with E-state index in [1.807, 2.05) is 60.0 Å². The number of thiophene rings is 1. The van der Waals surface area contributed by atoms with Gasteiger partial charge in [0.25, 0.3) is 0 Å². The summed E-state index contributed by atoms with van der Waals surface area (Å²) in [5.74, 6) is 0. The highest BCUT2D eigenvalue weighted by molar-refractivity contribution is 7.89. The Morgan fingerprint density at radius 2 is 1.33 bits per heavy atom. The maximum atomic E-state index is 14.0. The van der Waals surface area contributed by atoms with Crippen molar-refractivity contribution in [1.29, 1.82) is 0 Å². The molecule has 1 saturated heterocycles. The summed E-state index contributed by atoms with van der Waals surface area (Å²) in [6.07, 6.45) is 1.69. The van der Waals surface area contributed by atoms with Gasteiger partial charge in [-0.1, -0.05) is 97.1 Å². The normalized spacial score (nSPS) is 15.1. The van der Waals surface area contributed by atoms with E-state index >= 15 is 0 Å². The summed E-state index contributed by atoms with van der Waals surface area (Å²) < 4.78 is 31.5. The Labute approximate surface area is 233 Å². The van der Waals surface area contributed by atoms with E-state index < -0.39 is 10.0 Å². The zero-order valence-corrected chi connectivity index (χ0v) is 23.1. The second-order valence-corrected chi connectivity index (χ2v) is 12.5. The second kappa shape index (κ2) is 11.3. The van der Waals surface area contributed by atoms with Gasteiger partial charge in [0.1, 0.15) is 10.6 Å². The van der Waals surface area contributed by atoms with Crippen molar-refractivity contribution in [3.63, 3.8) is 0 Å². The van der Waals surface area contributed by atoms with Crippen LogP contribution in [0, 0.1) is 0 Å². The average Bonchev–Trinajstić information content (AvgIpc) is 3.66. The predicted molar refractivity (Wildman–Crippen MR) is 156 cm³/mol. The molecule has 8 heteroatoms. The number of hydrogen-bond acceptors (Lipinski definition) is 5. The van der Waals surface area contributed by atoms with E-state index in [0.717, 1.165) is 10.4 Å². The Balaban J connectivity index is 1.26. The van der Waals surface area contributed by atoms with Gasteiger partial charge in [0, 0.05) is 32.4 Å². The summed E-state index contributed by atoms with van der Waals surface area (Å²) in [5, 5.41) is 6.69. The lowest BCUT2D eigenvalue weighted by Gasteiger charge is -2.39. The van der Waals surface area contributed by atoms with E-state index in [9.17, 15) is 8.42 Å². The van der Waals surface area contributed by atoms with Crippen LogP contribution in [0.3, 0.4) is 0 Å². The van der Waals surface area contributed by atoms with Crippen LogP contribution in [-0.2, 0) is 16.6 Å². The highest BCUT2D eigenvalue weighted by Gasteiger charge is 2.35. The molecule has 3 heterocycles. The second-order valence-electron chi connectivity index (χ2n) is 9.67. The van der Waals surface area contributed by atoms with Crippen molar-refractivity contribution in [2.45, 2.75) is 17.5 Å². The van der Waals surface area contributed by atoms with Gasteiger partial charge in [-0.2, -0.15) is 9.40 Å². The molecule has 1 aliphatic heterocycles. The minimum absolute atomic E-state index is 0.0764. The van der Waals surface area contributed by atoms with E-state index in [2.05, 4.69) is 53.4 Å². The van der Waals surface area contributed by atoms with Crippen molar-refractivity contribution in [3.8, 4) is 10.6 Å². The predicted octanol–water partition coefficient (Wildman–Crippen LogP) is 5.76. The van der Waals surface area contributed by atoms with Gasteiger partial charge in [-0.3, -0.25) is 9.58 Å². The first-order chi connectivity index (χ1) is 19.1. The minimum Gasteiger partial charge on any atom is -0.290 e. The summed E-state index contributed by atoms with van der Waals surface area (Å²) in [6, 6.07) is 34.8. The number of aromatic nitrogens is 2. The molecule has 3 aromatic carbocycles. The molecule has 0 amide bonds.